The van der Waals surface area contributed by atoms with Crippen molar-refractivity contribution in [3.63, 3.8) is 0 Å². The van der Waals surface area contributed by atoms with Gasteiger partial charge in [0.15, 0.2) is 5.11 Å². The van der Waals surface area contributed by atoms with Crippen molar-refractivity contribution in [2.45, 2.75) is 18.4 Å². The van der Waals surface area contributed by atoms with Crippen LogP contribution in [0.15, 0.2) is 224 Å². The van der Waals surface area contributed by atoms with Crippen molar-refractivity contribution < 1.29 is 0 Å². The molecule has 0 spiro atoms. The summed E-state index contributed by atoms with van der Waals surface area (Å²) in [5, 5.41) is 13.2. The van der Waals surface area contributed by atoms with Crippen LogP contribution in [0, 0.1) is 0 Å². The van der Waals surface area contributed by atoms with Crippen molar-refractivity contribution in [1.29, 1.82) is 0 Å². The molecule has 0 bridgehead atoms. The van der Waals surface area contributed by atoms with Crippen molar-refractivity contribution in [2.75, 3.05) is 11.5 Å². The fraction of sp³-hybridized carbons (Fsp3) is 0.0702. The summed E-state index contributed by atoms with van der Waals surface area (Å²) in [5.74, 6) is -0.0175. The number of thiocarbonyl (C=S) groups is 1. The van der Waals surface area contributed by atoms with Crippen LogP contribution in [-0.2, 0) is 6.42 Å². The van der Waals surface area contributed by atoms with E-state index in [0.717, 1.165) is 34.1 Å². The third kappa shape index (κ3) is 8.59. The van der Waals surface area contributed by atoms with Gasteiger partial charge < -0.3 is 20.6 Å². The van der Waals surface area contributed by atoms with Crippen LogP contribution in [0.5, 0.6) is 0 Å². The van der Waals surface area contributed by atoms with Crippen LogP contribution in [0.3, 0.4) is 0 Å². The Morgan fingerprint density at radius 2 is 0.937 bits per heavy atom. The number of aromatic amines is 2. The lowest BCUT2D eigenvalue weighted by Crippen LogP contribution is -2.35. The summed E-state index contributed by atoms with van der Waals surface area (Å²) < 4.78 is 0. The van der Waals surface area contributed by atoms with Gasteiger partial charge in [-0.1, -0.05) is 206 Å². The highest BCUT2D eigenvalue weighted by atomic mass is 32.1. The number of fused-ring (bicyclic) bond motifs is 2. The maximum absolute atomic E-state index is 6.23. The van der Waals surface area contributed by atoms with E-state index < -0.39 is 7.92 Å². The molecule has 0 fully saturated rings. The van der Waals surface area contributed by atoms with Crippen LogP contribution in [0.25, 0.3) is 32.9 Å². The molecule has 306 valence electrons. The lowest BCUT2D eigenvalue weighted by molar-refractivity contribution is 0.731. The number of anilines is 1. The molecular weight excluding hydrogens is 804 g/mol. The second-order valence-electron chi connectivity index (χ2n) is 15.9. The Morgan fingerprint density at radius 1 is 0.476 bits per heavy atom. The monoisotopic (exact) mass is 850 g/mol. The number of nitrogens with one attached hydrogen (secondary N) is 4. The number of benzene rings is 8. The van der Waals surface area contributed by atoms with Gasteiger partial charge in [0, 0.05) is 68.5 Å². The molecule has 10 rings (SSSR count). The van der Waals surface area contributed by atoms with Crippen LogP contribution < -0.4 is 21.2 Å². The average molecular weight is 851 g/mol. The van der Waals surface area contributed by atoms with E-state index in [0.29, 0.717) is 11.5 Å². The molecule has 1 atom stereocenters. The van der Waals surface area contributed by atoms with E-state index in [9.17, 15) is 0 Å². The predicted octanol–water partition coefficient (Wildman–Crippen LogP) is 13.2. The minimum Gasteiger partial charge on any atom is -0.358 e. The van der Waals surface area contributed by atoms with Gasteiger partial charge in [-0.2, -0.15) is 0 Å². The zero-order valence-electron chi connectivity index (χ0n) is 34.8. The first-order valence-corrected chi connectivity index (χ1v) is 23.5. The first kappa shape index (κ1) is 40.1. The van der Waals surface area contributed by atoms with Crippen LogP contribution in [0.2, 0.25) is 0 Å². The van der Waals surface area contributed by atoms with Crippen LogP contribution >= 0.6 is 20.1 Å². The van der Waals surface area contributed by atoms with Crippen LogP contribution in [0.4, 0.5) is 5.69 Å². The van der Waals surface area contributed by atoms with Gasteiger partial charge in [0.2, 0.25) is 0 Å². The largest absolute Gasteiger partial charge is 0.358 e. The van der Waals surface area contributed by atoms with Gasteiger partial charge in [-0.05, 0) is 71.2 Å². The Morgan fingerprint density at radius 3 is 1.52 bits per heavy atom. The van der Waals surface area contributed by atoms with Crippen LogP contribution in [0.1, 0.15) is 45.6 Å². The van der Waals surface area contributed by atoms with Gasteiger partial charge in [-0.3, -0.25) is 0 Å². The lowest BCUT2D eigenvalue weighted by Gasteiger charge is -2.27. The molecule has 0 saturated carbocycles. The molecule has 0 amide bonds. The Balaban J connectivity index is 1.02. The highest BCUT2D eigenvalue weighted by molar-refractivity contribution is 7.80. The second-order valence-corrected chi connectivity index (χ2v) is 18.6. The van der Waals surface area contributed by atoms with Gasteiger partial charge in [0.25, 0.3) is 0 Å². The van der Waals surface area contributed by atoms with Gasteiger partial charge in [0.05, 0.1) is 6.04 Å². The second kappa shape index (κ2) is 18.5. The Labute approximate surface area is 375 Å². The normalized spacial score (nSPS) is 11.9. The maximum Gasteiger partial charge on any atom is 0.171 e. The molecular formula is C57H47N4PS. The third-order valence-corrected chi connectivity index (χ3v) is 14.8. The number of hydrogen-bond donors (Lipinski definition) is 4. The Bertz CT molecular complexity index is 3010. The third-order valence-electron chi connectivity index (χ3n) is 12.0. The van der Waals surface area contributed by atoms with E-state index in [2.05, 4.69) is 245 Å². The van der Waals surface area contributed by atoms with E-state index in [1.165, 1.54) is 54.9 Å². The minimum atomic E-state index is -0.683. The quantitative estimate of drug-likeness (QED) is 0.0690. The van der Waals surface area contributed by atoms with Crippen molar-refractivity contribution in [2.24, 2.45) is 0 Å². The van der Waals surface area contributed by atoms with Gasteiger partial charge >= 0.3 is 0 Å². The van der Waals surface area contributed by atoms with E-state index >= 15 is 0 Å². The molecule has 6 heteroatoms. The Kier molecular flexibility index (Phi) is 11.8. The molecule has 63 heavy (non-hydrogen) atoms. The molecule has 8 aromatic carbocycles. The summed E-state index contributed by atoms with van der Waals surface area (Å²) in [6.07, 6.45) is 1.54. The molecule has 0 saturated heterocycles. The highest BCUT2D eigenvalue weighted by Crippen LogP contribution is 2.46. The zero-order valence-corrected chi connectivity index (χ0v) is 36.5. The summed E-state index contributed by atoms with van der Waals surface area (Å²) >= 11 is 6.23. The SMILES string of the molecule is S=C(Nc1ccccc1Cc1[nH]c2ccccc2c1-c1c(C(c2ccccc2)c2ccccc2)[nH]c2ccccc12)N[C@H](CP(c1ccccc1)c1ccccc1)c1ccccc1. The average Bonchev–Trinajstić information content (AvgIpc) is 3.89. The van der Waals surface area contributed by atoms with Gasteiger partial charge in [-0.15, -0.1) is 0 Å². The molecule has 0 radical (unpaired) electrons. The summed E-state index contributed by atoms with van der Waals surface area (Å²) in [6.45, 7) is 0. The van der Waals surface area contributed by atoms with E-state index in [4.69, 9.17) is 12.2 Å². The zero-order chi connectivity index (χ0) is 42.4. The van der Waals surface area contributed by atoms with E-state index in [-0.39, 0.29) is 12.0 Å². The molecule has 0 unspecified atom stereocenters. The number of aromatic nitrogens is 2. The Hall–Kier alpha value is -7.04. The van der Waals surface area contributed by atoms with Gasteiger partial charge in [0.1, 0.15) is 0 Å². The smallest absolute Gasteiger partial charge is 0.171 e. The first-order chi connectivity index (χ1) is 31.2. The summed E-state index contributed by atoms with van der Waals surface area (Å²) in [4.78, 5) is 7.87. The van der Waals surface area contributed by atoms with Gasteiger partial charge in [-0.25, -0.2) is 0 Å². The summed E-state index contributed by atoms with van der Waals surface area (Å²) in [6, 6.07) is 80.2. The standard InChI is InChI=1S/C57H47N4PS/c63-57(61-52(40-22-6-1-7-23-40)39-62(44-29-12-4-13-30-44)45-31-14-5-15-32-45)60-48-35-19-16-28-43(48)38-51-54(46-33-17-20-36-49(46)58-51)55-47-34-18-21-37-50(47)59-56(55)53(41-24-8-2-9-25-41)42-26-10-3-11-27-42/h1-37,52-53,58-59H,38-39H2,(H2,60,61,63)/t52-/m1/s1. The number of H-pyrrole nitrogens is 2. The molecule has 2 heterocycles. The van der Waals surface area contributed by atoms with Crippen molar-refractivity contribution in [3.05, 3.63) is 258 Å². The number of hydrogen-bond acceptors (Lipinski definition) is 1. The predicted molar refractivity (Wildman–Crippen MR) is 271 cm³/mol. The molecule has 4 N–H and O–H groups in total. The van der Waals surface area contributed by atoms with Crippen molar-refractivity contribution in [1.82, 2.24) is 15.3 Å². The minimum absolute atomic E-state index is 0.0175. The summed E-state index contributed by atoms with van der Waals surface area (Å²) in [7, 11) is -0.683. The molecule has 0 aliphatic rings. The molecule has 0 aliphatic carbocycles. The molecule has 4 nitrogen and oxygen atoms in total. The summed E-state index contributed by atoms with van der Waals surface area (Å²) in [5.41, 5.74) is 12.8. The van der Waals surface area contributed by atoms with E-state index in [1.807, 2.05) is 0 Å². The fourth-order valence-electron chi connectivity index (χ4n) is 9.06. The van der Waals surface area contributed by atoms with Crippen molar-refractivity contribution >= 4 is 63.4 Å². The topological polar surface area (TPSA) is 55.6 Å². The lowest BCUT2D eigenvalue weighted by atomic mass is 9.84. The van der Waals surface area contributed by atoms with Crippen molar-refractivity contribution in [3.8, 4) is 11.1 Å². The highest BCUT2D eigenvalue weighted by Gasteiger charge is 2.28. The molecule has 0 aliphatic heterocycles. The number of para-hydroxylation sites is 3. The fourth-order valence-corrected chi connectivity index (χ4v) is 11.8. The first-order valence-electron chi connectivity index (χ1n) is 21.6. The molecule has 10 aromatic rings. The number of rotatable bonds is 13. The molecule has 2 aromatic heterocycles. The van der Waals surface area contributed by atoms with Crippen LogP contribution in [-0.4, -0.2) is 21.2 Å². The van der Waals surface area contributed by atoms with E-state index in [1.54, 1.807) is 0 Å². The maximum atomic E-state index is 6.23.